The largest absolute Gasteiger partial charge is 0.325 e. The van der Waals surface area contributed by atoms with Gasteiger partial charge in [0.15, 0.2) is 0 Å². The third-order valence-corrected chi connectivity index (χ3v) is 7.46. The fraction of sp³-hybridized carbons (Fsp3) is 0.0645. The molecule has 4 rings (SSSR count). The minimum absolute atomic E-state index is 0.0107. The molecule has 0 saturated heterocycles. The van der Waals surface area contributed by atoms with E-state index in [0.29, 0.717) is 27.5 Å². The van der Waals surface area contributed by atoms with Crippen molar-refractivity contribution in [2.24, 2.45) is 0 Å². The van der Waals surface area contributed by atoms with Crippen LogP contribution in [0.4, 0.5) is 15.8 Å². The molecule has 0 radical (unpaired) electrons. The molecule has 1 unspecified atom stereocenters. The second-order valence-corrected chi connectivity index (χ2v) is 11.0. The summed E-state index contributed by atoms with van der Waals surface area (Å²) in [6.07, 6.45) is 1.51. The molecule has 0 heterocycles. The van der Waals surface area contributed by atoms with E-state index in [4.69, 9.17) is 23.2 Å². The molecule has 3 amide bonds. The summed E-state index contributed by atoms with van der Waals surface area (Å²) in [5.41, 5.74) is 1.85. The van der Waals surface area contributed by atoms with E-state index in [1.807, 2.05) is 0 Å². The zero-order valence-electron chi connectivity index (χ0n) is 21.7. The van der Waals surface area contributed by atoms with Gasteiger partial charge in [0.25, 0.3) is 11.8 Å². The van der Waals surface area contributed by atoms with Crippen LogP contribution in [-0.2, 0) is 9.59 Å². The molecule has 3 N–H and O–H groups in total. The third-order valence-electron chi connectivity index (χ3n) is 5.72. The molecule has 1 atom stereocenters. The molecule has 0 aliphatic rings. The predicted molar refractivity (Wildman–Crippen MR) is 164 cm³/mol. The van der Waals surface area contributed by atoms with Gasteiger partial charge in [-0.1, -0.05) is 59.6 Å². The lowest BCUT2D eigenvalue weighted by Gasteiger charge is -2.14. The first-order valence-corrected chi connectivity index (χ1v) is 14.0. The Morgan fingerprint density at radius 2 is 1.46 bits per heavy atom. The molecular weight excluding hydrogens is 584 g/mol. The minimum Gasteiger partial charge on any atom is -0.325 e. The second kappa shape index (κ2) is 14.0. The summed E-state index contributed by atoms with van der Waals surface area (Å²) in [4.78, 5) is 39.4. The number of halogens is 3. The van der Waals surface area contributed by atoms with Crippen LogP contribution in [0.5, 0.6) is 0 Å². The van der Waals surface area contributed by atoms with Crippen molar-refractivity contribution in [3.63, 3.8) is 0 Å². The summed E-state index contributed by atoms with van der Waals surface area (Å²) in [6.45, 7) is 1.74. The van der Waals surface area contributed by atoms with Crippen LogP contribution < -0.4 is 16.0 Å². The van der Waals surface area contributed by atoms with Crippen molar-refractivity contribution in [3.8, 4) is 0 Å². The number of hydrogen-bond acceptors (Lipinski definition) is 4. The molecule has 0 aromatic heterocycles. The zero-order valence-corrected chi connectivity index (χ0v) is 24.0. The van der Waals surface area contributed by atoms with Crippen molar-refractivity contribution >= 4 is 70.1 Å². The van der Waals surface area contributed by atoms with E-state index in [9.17, 15) is 18.8 Å². The summed E-state index contributed by atoms with van der Waals surface area (Å²) >= 11 is 13.4. The molecule has 0 saturated carbocycles. The molecule has 10 heteroatoms. The molecule has 41 heavy (non-hydrogen) atoms. The van der Waals surface area contributed by atoms with Crippen molar-refractivity contribution in [1.82, 2.24) is 5.32 Å². The van der Waals surface area contributed by atoms with E-state index in [2.05, 4.69) is 16.0 Å². The van der Waals surface area contributed by atoms with Gasteiger partial charge in [0.1, 0.15) is 11.5 Å². The van der Waals surface area contributed by atoms with Gasteiger partial charge in [-0.15, -0.1) is 11.8 Å². The summed E-state index contributed by atoms with van der Waals surface area (Å²) in [5.74, 6) is -1.83. The first-order valence-electron chi connectivity index (χ1n) is 12.4. The van der Waals surface area contributed by atoms with Crippen LogP contribution in [0.1, 0.15) is 22.8 Å². The maximum Gasteiger partial charge on any atom is 0.272 e. The van der Waals surface area contributed by atoms with E-state index in [1.54, 1.807) is 85.8 Å². The van der Waals surface area contributed by atoms with Gasteiger partial charge in [-0.2, -0.15) is 0 Å². The standard InChI is InChI=1S/C31H24Cl2FN3O3S/c1-19(29(38)36-23-13-16-27(34)26(33)18-23)41-24-14-11-22(12-15-24)35-31(40)28(17-21-9-5-6-10-25(21)32)37-30(39)20-7-3-2-4-8-20/h2-19H,1H3,(H,35,40)(H,36,38)(H,37,39)/b28-17-. The topological polar surface area (TPSA) is 87.3 Å². The molecule has 0 aliphatic heterocycles. The Hall–Kier alpha value is -4.11. The minimum atomic E-state index is -0.565. The second-order valence-electron chi connectivity index (χ2n) is 8.76. The molecule has 0 spiro atoms. The van der Waals surface area contributed by atoms with Crippen LogP contribution in [0.15, 0.2) is 108 Å². The van der Waals surface area contributed by atoms with Crippen molar-refractivity contribution in [2.75, 3.05) is 10.6 Å². The van der Waals surface area contributed by atoms with Crippen LogP contribution in [0, 0.1) is 5.82 Å². The lowest BCUT2D eigenvalue weighted by atomic mass is 10.1. The lowest BCUT2D eigenvalue weighted by Crippen LogP contribution is -2.30. The lowest BCUT2D eigenvalue weighted by molar-refractivity contribution is -0.115. The normalized spacial score (nSPS) is 11.9. The maximum absolute atomic E-state index is 13.4. The number of amides is 3. The van der Waals surface area contributed by atoms with Gasteiger partial charge in [-0.3, -0.25) is 14.4 Å². The summed E-state index contributed by atoms with van der Waals surface area (Å²) in [5, 5.41) is 8.05. The van der Waals surface area contributed by atoms with Crippen LogP contribution in [0.25, 0.3) is 6.08 Å². The Morgan fingerprint density at radius 1 is 0.805 bits per heavy atom. The van der Waals surface area contributed by atoms with Gasteiger partial charge in [-0.05, 0) is 79.2 Å². The van der Waals surface area contributed by atoms with Gasteiger partial charge in [0.05, 0.1) is 10.3 Å². The Labute approximate surface area is 250 Å². The number of rotatable bonds is 9. The van der Waals surface area contributed by atoms with Gasteiger partial charge in [0, 0.05) is 26.9 Å². The molecule has 4 aromatic carbocycles. The Morgan fingerprint density at radius 3 is 2.15 bits per heavy atom. The molecule has 0 fully saturated rings. The van der Waals surface area contributed by atoms with E-state index in [1.165, 1.54) is 36.0 Å². The van der Waals surface area contributed by atoms with Crippen molar-refractivity contribution in [3.05, 3.63) is 130 Å². The van der Waals surface area contributed by atoms with Crippen LogP contribution in [0.3, 0.4) is 0 Å². The Bertz CT molecular complexity index is 1600. The van der Waals surface area contributed by atoms with Crippen molar-refractivity contribution in [1.29, 1.82) is 0 Å². The highest BCUT2D eigenvalue weighted by atomic mass is 35.5. The maximum atomic E-state index is 13.4. The number of carbonyl (C=O) groups excluding carboxylic acids is 3. The highest BCUT2D eigenvalue weighted by molar-refractivity contribution is 8.00. The van der Waals surface area contributed by atoms with E-state index in [0.717, 1.165) is 4.90 Å². The molecule has 0 aliphatic carbocycles. The smallest absolute Gasteiger partial charge is 0.272 e. The highest BCUT2D eigenvalue weighted by Crippen LogP contribution is 2.27. The summed E-state index contributed by atoms with van der Waals surface area (Å²) in [6, 6.07) is 26.4. The number of nitrogens with one attached hydrogen (secondary N) is 3. The quantitative estimate of drug-likeness (QED) is 0.135. The molecule has 6 nitrogen and oxygen atoms in total. The van der Waals surface area contributed by atoms with Crippen molar-refractivity contribution in [2.45, 2.75) is 17.1 Å². The molecule has 0 bridgehead atoms. The van der Waals surface area contributed by atoms with Gasteiger partial charge in [0.2, 0.25) is 5.91 Å². The van der Waals surface area contributed by atoms with Crippen LogP contribution in [-0.4, -0.2) is 23.0 Å². The van der Waals surface area contributed by atoms with Crippen LogP contribution in [0.2, 0.25) is 10.0 Å². The fourth-order valence-corrected chi connectivity index (χ4v) is 4.82. The Balaban J connectivity index is 1.43. The molecule has 4 aromatic rings. The number of benzene rings is 4. The third kappa shape index (κ3) is 8.44. The van der Waals surface area contributed by atoms with Gasteiger partial charge < -0.3 is 16.0 Å². The first-order chi connectivity index (χ1) is 19.7. The van der Waals surface area contributed by atoms with E-state index >= 15 is 0 Å². The fourth-order valence-electron chi connectivity index (χ4n) is 3.58. The number of carbonyl (C=O) groups is 3. The van der Waals surface area contributed by atoms with E-state index < -0.39 is 22.9 Å². The van der Waals surface area contributed by atoms with E-state index in [-0.39, 0.29) is 16.6 Å². The monoisotopic (exact) mass is 607 g/mol. The van der Waals surface area contributed by atoms with Crippen LogP contribution >= 0.6 is 35.0 Å². The van der Waals surface area contributed by atoms with Gasteiger partial charge in [-0.25, -0.2) is 4.39 Å². The average molecular weight is 609 g/mol. The number of hydrogen-bond donors (Lipinski definition) is 3. The summed E-state index contributed by atoms with van der Waals surface area (Å²) < 4.78 is 13.4. The number of anilines is 2. The first kappa shape index (κ1) is 29.9. The highest BCUT2D eigenvalue weighted by Gasteiger charge is 2.17. The molecule has 208 valence electrons. The predicted octanol–water partition coefficient (Wildman–Crippen LogP) is 7.66. The van der Waals surface area contributed by atoms with Crippen molar-refractivity contribution < 1.29 is 18.8 Å². The molecular formula is C31H24Cl2FN3O3S. The summed E-state index contributed by atoms with van der Waals surface area (Å²) in [7, 11) is 0. The SMILES string of the molecule is CC(Sc1ccc(NC(=O)/C(=C/c2ccccc2Cl)NC(=O)c2ccccc2)cc1)C(=O)Nc1ccc(F)c(Cl)c1. The zero-order chi connectivity index (χ0) is 29.4. The number of thioether (sulfide) groups is 1. The van der Waals surface area contributed by atoms with Gasteiger partial charge >= 0.3 is 0 Å². The Kier molecular flexibility index (Phi) is 10.2. The average Bonchev–Trinajstić information content (AvgIpc) is 2.97.